The summed E-state index contributed by atoms with van der Waals surface area (Å²) in [5.74, 6) is -0.516. The zero-order valence-electron chi connectivity index (χ0n) is 12.2. The number of carbonyl (C=O) groups excluding carboxylic acids is 1. The third-order valence-corrected chi connectivity index (χ3v) is 3.90. The number of hydrogen-bond donors (Lipinski definition) is 0. The van der Waals surface area contributed by atoms with Gasteiger partial charge in [0.05, 0.1) is 12.7 Å². The van der Waals surface area contributed by atoms with Crippen molar-refractivity contribution in [2.24, 2.45) is 0 Å². The first-order valence-electron chi connectivity index (χ1n) is 7.19. The van der Waals surface area contributed by atoms with Gasteiger partial charge >= 0.3 is 5.97 Å². The van der Waals surface area contributed by atoms with Crippen LogP contribution in [0.5, 0.6) is 0 Å². The molecule has 3 rings (SSSR count). The summed E-state index contributed by atoms with van der Waals surface area (Å²) in [5.41, 5.74) is 1.71. The number of rotatable bonds is 3. The summed E-state index contributed by atoms with van der Waals surface area (Å²) in [6, 6.07) is 19.2. The van der Waals surface area contributed by atoms with Crippen molar-refractivity contribution < 1.29 is 9.53 Å². The second kappa shape index (κ2) is 5.50. The normalized spacial score (nSPS) is 19.0. The molecule has 0 N–H and O–H groups in total. The van der Waals surface area contributed by atoms with E-state index in [0.717, 1.165) is 11.1 Å². The van der Waals surface area contributed by atoms with Gasteiger partial charge in [-0.05, 0) is 35.3 Å². The summed E-state index contributed by atoms with van der Waals surface area (Å²) in [7, 11) is 0. The van der Waals surface area contributed by atoms with Gasteiger partial charge in [0.25, 0.3) is 0 Å². The summed E-state index contributed by atoms with van der Waals surface area (Å²) in [6.07, 6.45) is 1.91. The number of benzene rings is 2. The third-order valence-electron chi connectivity index (χ3n) is 3.90. The Morgan fingerprint density at radius 3 is 2.50 bits per heavy atom. The van der Waals surface area contributed by atoms with Crippen molar-refractivity contribution in [1.29, 1.82) is 5.26 Å². The Hall–Kier alpha value is -2.86. The van der Waals surface area contributed by atoms with E-state index in [-0.39, 0.29) is 6.61 Å². The van der Waals surface area contributed by atoms with Crippen LogP contribution in [0, 0.1) is 11.3 Å². The quantitative estimate of drug-likeness (QED) is 0.812. The highest BCUT2D eigenvalue weighted by atomic mass is 16.5. The fourth-order valence-corrected chi connectivity index (χ4v) is 2.92. The minimum atomic E-state index is -1.39. The minimum Gasteiger partial charge on any atom is -0.464 e. The summed E-state index contributed by atoms with van der Waals surface area (Å²) < 4.78 is 5.23. The summed E-state index contributed by atoms with van der Waals surface area (Å²) in [4.78, 5) is 12.7. The number of esters is 1. The van der Waals surface area contributed by atoms with Crippen LogP contribution < -0.4 is 0 Å². The fraction of sp³-hybridized carbons (Fsp3) is 0.158. The van der Waals surface area contributed by atoms with Gasteiger partial charge in [-0.3, -0.25) is 0 Å². The molecule has 0 saturated heterocycles. The lowest BCUT2D eigenvalue weighted by molar-refractivity contribution is -0.145. The molecule has 1 aliphatic carbocycles. The van der Waals surface area contributed by atoms with Crippen molar-refractivity contribution in [3.8, 4) is 6.07 Å². The third kappa shape index (κ3) is 1.93. The van der Waals surface area contributed by atoms with Crippen LogP contribution in [0.3, 0.4) is 0 Å². The van der Waals surface area contributed by atoms with Crippen LogP contribution in [-0.2, 0) is 14.9 Å². The van der Waals surface area contributed by atoms with Gasteiger partial charge in [0.1, 0.15) is 0 Å². The molecule has 0 fully saturated rings. The van der Waals surface area contributed by atoms with Crippen LogP contribution in [0.15, 0.2) is 54.6 Å². The van der Waals surface area contributed by atoms with E-state index in [9.17, 15) is 10.1 Å². The Bertz CT molecular complexity index is 787. The maximum atomic E-state index is 12.7. The van der Waals surface area contributed by atoms with Gasteiger partial charge in [0, 0.05) is 0 Å². The highest BCUT2D eigenvalue weighted by molar-refractivity contribution is 6.11. The number of hydrogen-bond acceptors (Lipinski definition) is 3. The predicted molar refractivity (Wildman–Crippen MR) is 84.7 cm³/mol. The Morgan fingerprint density at radius 2 is 1.82 bits per heavy atom. The molecule has 1 unspecified atom stereocenters. The van der Waals surface area contributed by atoms with E-state index in [2.05, 4.69) is 6.07 Å². The predicted octanol–water partition coefficient (Wildman–Crippen LogP) is 3.57. The average Bonchev–Trinajstić information content (AvgIpc) is 2.91. The molecule has 0 amide bonds. The fourth-order valence-electron chi connectivity index (χ4n) is 2.92. The molecular weight excluding hydrogens is 274 g/mol. The average molecular weight is 289 g/mol. The lowest BCUT2D eigenvalue weighted by Gasteiger charge is -2.24. The van der Waals surface area contributed by atoms with E-state index in [1.165, 1.54) is 0 Å². The van der Waals surface area contributed by atoms with E-state index in [1.807, 2.05) is 60.7 Å². The first kappa shape index (κ1) is 14.1. The molecule has 1 atom stereocenters. The van der Waals surface area contributed by atoms with E-state index >= 15 is 0 Å². The maximum Gasteiger partial charge on any atom is 0.335 e. The molecule has 1 aliphatic rings. The summed E-state index contributed by atoms with van der Waals surface area (Å²) >= 11 is 0. The Morgan fingerprint density at radius 1 is 1.14 bits per heavy atom. The molecule has 0 saturated carbocycles. The molecule has 22 heavy (non-hydrogen) atoms. The van der Waals surface area contributed by atoms with Crippen LogP contribution in [0.25, 0.3) is 11.6 Å². The van der Waals surface area contributed by atoms with E-state index < -0.39 is 11.4 Å². The molecule has 0 spiro atoms. The smallest absolute Gasteiger partial charge is 0.335 e. The monoisotopic (exact) mass is 289 g/mol. The lowest BCUT2D eigenvalue weighted by atomic mass is 9.76. The van der Waals surface area contributed by atoms with Gasteiger partial charge < -0.3 is 4.74 Å². The van der Waals surface area contributed by atoms with Crippen molar-refractivity contribution in [2.45, 2.75) is 12.3 Å². The number of fused-ring (bicyclic) bond motifs is 1. The maximum absolute atomic E-state index is 12.7. The number of carbonyl (C=O) groups is 1. The van der Waals surface area contributed by atoms with Crippen LogP contribution in [0.2, 0.25) is 0 Å². The molecule has 2 aromatic carbocycles. The molecule has 0 radical (unpaired) electrons. The van der Waals surface area contributed by atoms with E-state index in [1.54, 1.807) is 6.92 Å². The Balaban J connectivity index is 2.25. The van der Waals surface area contributed by atoms with Crippen LogP contribution in [-0.4, -0.2) is 12.6 Å². The van der Waals surface area contributed by atoms with E-state index in [0.29, 0.717) is 11.1 Å². The van der Waals surface area contributed by atoms with Crippen LogP contribution in [0.1, 0.15) is 23.6 Å². The number of ether oxygens (including phenoxy) is 1. The molecule has 0 bridgehead atoms. The standard InChI is InChI=1S/C19H15NO2/c1-2-22-18(21)19(13-20)16-11-7-6-10-15(16)12-17(19)14-8-4-3-5-9-14/h3-12H,2H2,1H3. The Kier molecular flexibility index (Phi) is 3.52. The van der Waals surface area contributed by atoms with Crippen molar-refractivity contribution in [2.75, 3.05) is 6.61 Å². The van der Waals surface area contributed by atoms with Crippen molar-refractivity contribution in [3.63, 3.8) is 0 Å². The van der Waals surface area contributed by atoms with Crippen molar-refractivity contribution in [1.82, 2.24) is 0 Å². The molecule has 3 nitrogen and oxygen atoms in total. The zero-order chi connectivity index (χ0) is 15.6. The van der Waals surface area contributed by atoms with Gasteiger partial charge in [-0.15, -0.1) is 0 Å². The second-order valence-electron chi connectivity index (χ2n) is 5.09. The van der Waals surface area contributed by atoms with Gasteiger partial charge in [0.15, 0.2) is 0 Å². The number of nitriles is 1. The van der Waals surface area contributed by atoms with Crippen LogP contribution >= 0.6 is 0 Å². The largest absolute Gasteiger partial charge is 0.464 e. The molecule has 0 aliphatic heterocycles. The summed E-state index contributed by atoms with van der Waals surface area (Å²) in [6.45, 7) is 1.99. The van der Waals surface area contributed by atoms with Crippen molar-refractivity contribution >= 4 is 17.6 Å². The second-order valence-corrected chi connectivity index (χ2v) is 5.09. The van der Waals surface area contributed by atoms with Gasteiger partial charge in [-0.2, -0.15) is 5.26 Å². The molecular formula is C19H15NO2. The molecule has 2 aromatic rings. The van der Waals surface area contributed by atoms with Crippen molar-refractivity contribution in [3.05, 3.63) is 71.3 Å². The first-order chi connectivity index (χ1) is 10.7. The van der Waals surface area contributed by atoms with Gasteiger partial charge in [-0.1, -0.05) is 54.6 Å². The Labute approximate surface area is 129 Å². The van der Waals surface area contributed by atoms with Gasteiger partial charge in [0.2, 0.25) is 5.41 Å². The zero-order valence-corrected chi connectivity index (χ0v) is 12.2. The highest BCUT2D eigenvalue weighted by Crippen LogP contribution is 2.47. The topological polar surface area (TPSA) is 50.1 Å². The first-order valence-corrected chi connectivity index (χ1v) is 7.19. The van der Waals surface area contributed by atoms with Gasteiger partial charge in [-0.25, -0.2) is 4.79 Å². The minimum absolute atomic E-state index is 0.243. The van der Waals surface area contributed by atoms with Crippen LogP contribution in [0.4, 0.5) is 0 Å². The highest BCUT2D eigenvalue weighted by Gasteiger charge is 2.50. The summed E-state index contributed by atoms with van der Waals surface area (Å²) in [5, 5.41) is 9.90. The van der Waals surface area contributed by atoms with E-state index in [4.69, 9.17) is 4.74 Å². The molecule has 0 aromatic heterocycles. The molecule has 0 heterocycles. The molecule has 108 valence electrons. The lowest BCUT2D eigenvalue weighted by Crippen LogP contribution is -2.36. The number of nitrogens with zero attached hydrogens (tertiary/aromatic N) is 1. The molecule has 3 heteroatoms. The SMILES string of the molecule is CCOC(=O)C1(C#N)C(c2ccccc2)=Cc2ccccc21.